The molecule has 1 aliphatic rings. The van der Waals surface area contributed by atoms with Crippen molar-refractivity contribution in [3.05, 3.63) is 81.9 Å². The molecule has 0 radical (unpaired) electrons. The summed E-state index contributed by atoms with van der Waals surface area (Å²) < 4.78 is 0. The first-order chi connectivity index (χ1) is 15.7. The van der Waals surface area contributed by atoms with E-state index in [1.165, 1.54) is 59.1 Å². The first-order valence-electron chi connectivity index (χ1n) is 13.2. The Morgan fingerprint density at radius 3 is 2.21 bits per heavy atom. The number of benzene rings is 2. The fraction of sp³-hybridized carbons (Fsp3) is 0.562. The second-order valence-electron chi connectivity index (χ2n) is 11.3. The van der Waals surface area contributed by atoms with Crippen LogP contribution in [0.3, 0.4) is 0 Å². The highest BCUT2D eigenvalue weighted by molar-refractivity contribution is 5.38. The summed E-state index contributed by atoms with van der Waals surface area (Å²) in [6.45, 7) is 18.0. The summed E-state index contributed by atoms with van der Waals surface area (Å²) in [5, 5.41) is 11.1. The van der Waals surface area contributed by atoms with Gasteiger partial charge in [0.25, 0.3) is 0 Å². The van der Waals surface area contributed by atoms with Gasteiger partial charge < -0.3 is 5.11 Å². The SMILES string of the molecule is C=C(CC(CC(C)C)CC(O)c1ccc(C)c(C)c1)C(c1ccc(C)cc1C)C1CCCC1. The van der Waals surface area contributed by atoms with Crippen LogP contribution in [0, 0.1) is 45.4 Å². The molecule has 1 heteroatoms. The zero-order chi connectivity index (χ0) is 24.1. The Kier molecular flexibility index (Phi) is 8.99. The minimum atomic E-state index is -0.410. The highest BCUT2D eigenvalue weighted by atomic mass is 16.3. The summed E-state index contributed by atoms with van der Waals surface area (Å²) in [6.07, 6.45) is 7.87. The van der Waals surface area contributed by atoms with Crippen LogP contribution in [-0.4, -0.2) is 5.11 Å². The van der Waals surface area contributed by atoms with Crippen LogP contribution in [0.4, 0.5) is 0 Å². The molecule has 0 aliphatic heterocycles. The quantitative estimate of drug-likeness (QED) is 0.361. The molecule has 0 spiro atoms. The largest absolute Gasteiger partial charge is 0.388 e. The molecule has 0 saturated heterocycles. The zero-order valence-corrected chi connectivity index (χ0v) is 22.0. The lowest BCUT2D eigenvalue weighted by atomic mass is 9.74. The minimum absolute atomic E-state index is 0.410. The van der Waals surface area contributed by atoms with Gasteiger partial charge in [0.15, 0.2) is 0 Å². The van der Waals surface area contributed by atoms with Gasteiger partial charge in [-0.05, 0) is 105 Å². The van der Waals surface area contributed by atoms with Crippen LogP contribution in [0.1, 0.15) is 104 Å². The molecule has 0 bridgehead atoms. The van der Waals surface area contributed by atoms with Gasteiger partial charge in [0.2, 0.25) is 0 Å². The first-order valence-corrected chi connectivity index (χ1v) is 13.2. The molecular formula is C32H46O. The second-order valence-corrected chi connectivity index (χ2v) is 11.3. The third-order valence-corrected chi connectivity index (χ3v) is 7.90. The molecule has 2 aromatic carbocycles. The molecule has 3 atom stereocenters. The number of aliphatic hydroxyl groups is 1. The molecule has 2 aromatic rings. The van der Waals surface area contributed by atoms with Gasteiger partial charge in [0.1, 0.15) is 0 Å². The summed E-state index contributed by atoms with van der Waals surface area (Å²) in [6, 6.07) is 13.4. The Morgan fingerprint density at radius 2 is 1.61 bits per heavy atom. The van der Waals surface area contributed by atoms with Crippen molar-refractivity contribution in [2.24, 2.45) is 17.8 Å². The van der Waals surface area contributed by atoms with Crippen LogP contribution in [0.25, 0.3) is 0 Å². The Hall–Kier alpha value is -1.86. The third kappa shape index (κ3) is 6.82. The van der Waals surface area contributed by atoms with Gasteiger partial charge in [0, 0.05) is 5.92 Å². The molecule has 1 N–H and O–H groups in total. The van der Waals surface area contributed by atoms with E-state index >= 15 is 0 Å². The molecule has 3 rings (SSSR count). The summed E-state index contributed by atoms with van der Waals surface area (Å²) in [5.41, 5.74) is 9.20. The number of hydrogen-bond donors (Lipinski definition) is 1. The normalized spacial score (nSPS) is 17.3. The van der Waals surface area contributed by atoms with Crippen molar-refractivity contribution in [3.63, 3.8) is 0 Å². The minimum Gasteiger partial charge on any atom is -0.388 e. The van der Waals surface area contributed by atoms with Gasteiger partial charge in [0.05, 0.1) is 6.10 Å². The molecule has 1 saturated carbocycles. The summed E-state index contributed by atoms with van der Waals surface area (Å²) >= 11 is 0. The van der Waals surface area contributed by atoms with Crippen molar-refractivity contribution in [1.82, 2.24) is 0 Å². The van der Waals surface area contributed by atoms with E-state index in [1.807, 2.05) is 0 Å². The van der Waals surface area contributed by atoms with Gasteiger partial charge in [-0.25, -0.2) is 0 Å². The van der Waals surface area contributed by atoms with Crippen molar-refractivity contribution >= 4 is 0 Å². The predicted octanol–water partition coefficient (Wildman–Crippen LogP) is 8.93. The summed E-state index contributed by atoms with van der Waals surface area (Å²) in [4.78, 5) is 0. The number of aryl methyl sites for hydroxylation is 4. The Labute approximate surface area is 203 Å². The standard InChI is InChI=1S/C32H46O/c1-21(2)16-27(20-31(33)29-14-13-23(4)24(5)19-29)18-26(7)32(28-10-8-9-11-28)30-15-12-22(3)17-25(30)6/h12-15,17,19,21,27-28,31-33H,7-11,16,18,20H2,1-6H3. The van der Waals surface area contributed by atoms with Gasteiger partial charge in [-0.15, -0.1) is 0 Å². The van der Waals surface area contributed by atoms with Crippen molar-refractivity contribution < 1.29 is 5.11 Å². The molecule has 0 heterocycles. The van der Waals surface area contributed by atoms with E-state index < -0.39 is 6.10 Å². The lowest BCUT2D eigenvalue weighted by molar-refractivity contribution is 0.136. The van der Waals surface area contributed by atoms with Crippen LogP contribution in [-0.2, 0) is 0 Å². The van der Waals surface area contributed by atoms with Gasteiger partial charge in [-0.1, -0.05) is 80.8 Å². The topological polar surface area (TPSA) is 20.2 Å². The summed E-state index contributed by atoms with van der Waals surface area (Å²) in [7, 11) is 0. The fourth-order valence-corrected chi connectivity index (χ4v) is 6.12. The van der Waals surface area contributed by atoms with E-state index in [0.29, 0.717) is 23.7 Å². The average molecular weight is 447 g/mol. The van der Waals surface area contributed by atoms with Crippen LogP contribution < -0.4 is 0 Å². The summed E-state index contributed by atoms with van der Waals surface area (Å²) in [5.74, 6) is 2.22. The Morgan fingerprint density at radius 1 is 0.909 bits per heavy atom. The van der Waals surface area contributed by atoms with Gasteiger partial charge in [-0.3, -0.25) is 0 Å². The van der Waals surface area contributed by atoms with Crippen molar-refractivity contribution in [1.29, 1.82) is 0 Å². The van der Waals surface area contributed by atoms with E-state index in [4.69, 9.17) is 6.58 Å². The maximum Gasteiger partial charge on any atom is 0.0792 e. The molecular weight excluding hydrogens is 400 g/mol. The highest BCUT2D eigenvalue weighted by Gasteiger charge is 2.31. The van der Waals surface area contributed by atoms with Gasteiger partial charge >= 0.3 is 0 Å². The Bertz CT molecular complexity index is 932. The van der Waals surface area contributed by atoms with Crippen molar-refractivity contribution in [2.45, 2.75) is 98.5 Å². The molecule has 0 amide bonds. The molecule has 1 nitrogen and oxygen atoms in total. The molecule has 0 aromatic heterocycles. The predicted molar refractivity (Wildman–Crippen MR) is 143 cm³/mol. The molecule has 1 fully saturated rings. The first kappa shape index (κ1) is 25.8. The lowest BCUT2D eigenvalue weighted by Crippen LogP contribution is -2.18. The second kappa shape index (κ2) is 11.5. The van der Waals surface area contributed by atoms with Crippen LogP contribution >= 0.6 is 0 Å². The van der Waals surface area contributed by atoms with Crippen molar-refractivity contribution in [2.75, 3.05) is 0 Å². The number of aliphatic hydroxyl groups excluding tert-OH is 1. The number of hydrogen-bond acceptors (Lipinski definition) is 1. The van der Waals surface area contributed by atoms with E-state index in [2.05, 4.69) is 77.9 Å². The van der Waals surface area contributed by atoms with Crippen LogP contribution in [0.2, 0.25) is 0 Å². The maximum absolute atomic E-state index is 11.1. The van der Waals surface area contributed by atoms with Crippen LogP contribution in [0.5, 0.6) is 0 Å². The van der Waals surface area contributed by atoms with E-state index in [9.17, 15) is 5.11 Å². The zero-order valence-electron chi connectivity index (χ0n) is 22.0. The van der Waals surface area contributed by atoms with E-state index in [0.717, 1.165) is 24.8 Å². The molecule has 33 heavy (non-hydrogen) atoms. The molecule has 180 valence electrons. The number of allylic oxidation sites excluding steroid dienone is 1. The van der Waals surface area contributed by atoms with E-state index in [1.54, 1.807) is 0 Å². The van der Waals surface area contributed by atoms with Gasteiger partial charge in [-0.2, -0.15) is 0 Å². The third-order valence-electron chi connectivity index (χ3n) is 7.90. The maximum atomic E-state index is 11.1. The fourth-order valence-electron chi connectivity index (χ4n) is 6.12. The van der Waals surface area contributed by atoms with E-state index in [-0.39, 0.29) is 0 Å². The monoisotopic (exact) mass is 446 g/mol. The average Bonchev–Trinajstić information content (AvgIpc) is 3.25. The number of rotatable bonds is 10. The Balaban J connectivity index is 1.81. The smallest absolute Gasteiger partial charge is 0.0792 e. The lowest BCUT2D eigenvalue weighted by Gasteiger charge is -2.31. The molecule has 3 unspecified atom stereocenters. The van der Waals surface area contributed by atoms with Crippen LogP contribution in [0.15, 0.2) is 48.6 Å². The van der Waals surface area contributed by atoms with Crippen molar-refractivity contribution in [3.8, 4) is 0 Å². The highest BCUT2D eigenvalue weighted by Crippen LogP contribution is 2.45. The molecule has 1 aliphatic carbocycles.